The third-order valence-corrected chi connectivity index (χ3v) is 6.89. The molecule has 1 unspecified atom stereocenters. The van der Waals surface area contributed by atoms with Crippen LogP contribution in [0.1, 0.15) is 26.5 Å². The summed E-state index contributed by atoms with van der Waals surface area (Å²) in [4.78, 5) is 60.8. The largest absolute Gasteiger partial charge is 0.511 e. The molecule has 2 aliphatic rings. The minimum absolute atomic E-state index is 0.0353. The number of β-lactam (4-membered cyclic amide) rings is 1. The average molecular weight is 558 g/mol. The summed E-state index contributed by atoms with van der Waals surface area (Å²) >= 11 is 2.45. The van der Waals surface area contributed by atoms with Crippen LogP contribution in [0.4, 0.5) is 9.93 Å². The number of ether oxygens (including phenoxy) is 4. The summed E-state index contributed by atoms with van der Waals surface area (Å²) in [6.07, 6.45) is -2.71. The van der Waals surface area contributed by atoms with Crippen LogP contribution >= 0.6 is 23.1 Å². The Morgan fingerprint density at radius 1 is 1.24 bits per heavy atom. The van der Waals surface area contributed by atoms with Crippen LogP contribution in [0.25, 0.3) is 0 Å². The van der Waals surface area contributed by atoms with Gasteiger partial charge >= 0.3 is 12.1 Å². The Morgan fingerprint density at radius 3 is 2.57 bits per heavy atom. The number of methoxy groups -OCH3 is 1. The summed E-state index contributed by atoms with van der Waals surface area (Å²) in [5, 5.41) is 7.49. The molecular weight excluding hydrogens is 530 g/mol. The summed E-state index contributed by atoms with van der Waals surface area (Å²) in [5.74, 6) is -1.81. The number of oxime groups is 1. The number of aromatic nitrogens is 1. The molecule has 202 valence electrons. The van der Waals surface area contributed by atoms with E-state index in [2.05, 4.69) is 15.5 Å². The van der Waals surface area contributed by atoms with E-state index in [1.165, 1.54) is 43.2 Å². The first kappa shape index (κ1) is 28.2. The number of hydrogen-bond donors (Lipinski definition) is 2. The molecule has 0 bridgehead atoms. The van der Waals surface area contributed by atoms with Crippen LogP contribution in [0, 0.1) is 0 Å². The van der Waals surface area contributed by atoms with E-state index in [0.29, 0.717) is 11.3 Å². The van der Waals surface area contributed by atoms with Gasteiger partial charge in [-0.15, -0.1) is 23.1 Å². The van der Waals surface area contributed by atoms with Gasteiger partial charge in [-0.05, 0) is 19.4 Å². The molecule has 0 spiro atoms. The van der Waals surface area contributed by atoms with E-state index >= 15 is 0 Å². The van der Waals surface area contributed by atoms with Gasteiger partial charge in [0.25, 0.3) is 11.8 Å². The van der Waals surface area contributed by atoms with E-state index in [4.69, 9.17) is 29.5 Å². The third kappa shape index (κ3) is 6.50. The standard InChI is InChI=1S/C21H27N5O9S2/c1-9(2)33-21(30)35-10(3)34-19(29)15-11(6-31-4)7-36-18-14(17(28)26(15)18)24-16(27)13(25-32-5)12-8-37-20(22)23-12/h8-10,14,18H,6-7H2,1-5H3,(H2,22,23)(H,24,27)/t10?,14-,18-/m1/s1. The van der Waals surface area contributed by atoms with Crippen molar-refractivity contribution in [3.63, 3.8) is 0 Å². The quantitative estimate of drug-likeness (QED) is 0.136. The van der Waals surface area contributed by atoms with Crippen LogP contribution in [0.2, 0.25) is 0 Å². The molecule has 16 heteroatoms. The van der Waals surface area contributed by atoms with Crippen molar-refractivity contribution in [2.45, 2.75) is 44.6 Å². The number of hydrogen-bond acceptors (Lipinski definition) is 14. The van der Waals surface area contributed by atoms with Crippen molar-refractivity contribution < 1.29 is 43.0 Å². The molecular formula is C21H27N5O9S2. The summed E-state index contributed by atoms with van der Waals surface area (Å²) in [5.41, 5.74) is 6.15. The smallest absolute Gasteiger partial charge is 0.431 e. The van der Waals surface area contributed by atoms with Gasteiger partial charge in [0.2, 0.25) is 6.29 Å². The summed E-state index contributed by atoms with van der Waals surface area (Å²) < 4.78 is 20.2. The fourth-order valence-electron chi connectivity index (χ4n) is 3.45. The zero-order valence-electron chi connectivity index (χ0n) is 20.7. The van der Waals surface area contributed by atoms with Gasteiger partial charge in [0.15, 0.2) is 10.8 Å². The van der Waals surface area contributed by atoms with Crippen LogP contribution < -0.4 is 11.1 Å². The minimum atomic E-state index is -1.28. The highest BCUT2D eigenvalue weighted by atomic mass is 32.2. The lowest BCUT2D eigenvalue weighted by molar-refractivity contribution is -0.169. The molecule has 0 aliphatic carbocycles. The number of fused-ring (bicyclic) bond motifs is 1. The maximum Gasteiger partial charge on any atom is 0.511 e. The molecule has 3 N–H and O–H groups in total. The Balaban J connectivity index is 1.74. The number of thiazole rings is 1. The van der Waals surface area contributed by atoms with Gasteiger partial charge in [-0.1, -0.05) is 5.16 Å². The van der Waals surface area contributed by atoms with Crippen LogP contribution in [0.3, 0.4) is 0 Å². The van der Waals surface area contributed by atoms with E-state index in [0.717, 1.165) is 11.3 Å². The number of amides is 2. The Hall–Kier alpha value is -3.37. The zero-order chi connectivity index (χ0) is 27.3. The van der Waals surface area contributed by atoms with Crippen LogP contribution in [-0.4, -0.2) is 89.9 Å². The van der Waals surface area contributed by atoms with Crippen LogP contribution in [-0.2, 0) is 38.2 Å². The molecule has 0 aromatic carbocycles. The molecule has 1 saturated heterocycles. The first-order chi connectivity index (χ1) is 17.6. The van der Waals surface area contributed by atoms with Gasteiger partial charge in [0.05, 0.1) is 12.7 Å². The predicted molar refractivity (Wildman–Crippen MR) is 132 cm³/mol. The van der Waals surface area contributed by atoms with Crippen LogP contribution in [0.5, 0.6) is 0 Å². The van der Waals surface area contributed by atoms with E-state index < -0.39 is 47.7 Å². The van der Waals surface area contributed by atoms with Gasteiger partial charge in [-0.2, -0.15) is 0 Å². The fraction of sp³-hybridized carbons (Fsp3) is 0.524. The Bertz CT molecular complexity index is 1120. The number of carbonyl (C=O) groups is 4. The average Bonchev–Trinajstić information content (AvgIpc) is 3.25. The highest BCUT2D eigenvalue weighted by Crippen LogP contribution is 2.41. The zero-order valence-corrected chi connectivity index (χ0v) is 22.3. The molecule has 2 amide bonds. The number of anilines is 1. The Labute approximate surface area is 220 Å². The van der Waals surface area contributed by atoms with E-state index in [9.17, 15) is 19.2 Å². The van der Waals surface area contributed by atoms with Crippen molar-refractivity contribution in [2.75, 3.05) is 32.3 Å². The van der Waals surface area contributed by atoms with Crippen molar-refractivity contribution in [3.05, 3.63) is 22.3 Å². The number of thioether (sulfide) groups is 1. The third-order valence-electron chi connectivity index (χ3n) is 4.88. The number of nitrogen functional groups attached to an aromatic ring is 1. The van der Waals surface area contributed by atoms with E-state index in [1.54, 1.807) is 13.8 Å². The number of rotatable bonds is 10. The molecule has 37 heavy (non-hydrogen) atoms. The number of nitrogens with zero attached hydrogens (tertiary/aromatic N) is 3. The van der Waals surface area contributed by atoms with Gasteiger partial charge < -0.3 is 34.8 Å². The van der Waals surface area contributed by atoms with Crippen LogP contribution in [0.15, 0.2) is 21.8 Å². The SMILES string of the molecule is COCC1=C(C(=O)OC(C)OC(=O)OC(C)C)N2C(=O)[C@@H](NC(=O)C(=NOC)c3csc(N)n3)[C@H]2SC1. The topological polar surface area (TPSA) is 181 Å². The van der Waals surface area contributed by atoms with Crippen molar-refractivity contribution >= 4 is 57.9 Å². The number of carbonyl (C=O) groups excluding carboxylic acids is 4. The first-order valence-electron chi connectivity index (χ1n) is 10.9. The first-order valence-corrected chi connectivity index (χ1v) is 12.9. The minimum Gasteiger partial charge on any atom is -0.431 e. The van der Waals surface area contributed by atoms with Gasteiger partial charge in [-0.25, -0.2) is 14.6 Å². The molecule has 14 nitrogen and oxygen atoms in total. The maximum absolute atomic E-state index is 13.1. The highest BCUT2D eigenvalue weighted by molar-refractivity contribution is 8.00. The molecule has 0 saturated carbocycles. The summed E-state index contributed by atoms with van der Waals surface area (Å²) in [6.45, 7) is 4.68. The molecule has 0 radical (unpaired) electrons. The van der Waals surface area contributed by atoms with E-state index in [1.807, 2.05) is 0 Å². The normalized spacial score (nSPS) is 20.1. The molecule has 1 fully saturated rings. The summed E-state index contributed by atoms with van der Waals surface area (Å²) in [7, 11) is 2.71. The van der Waals surface area contributed by atoms with Crippen molar-refractivity contribution in [1.29, 1.82) is 0 Å². The molecule has 3 heterocycles. The number of esters is 1. The molecule has 2 aliphatic heterocycles. The second-order valence-corrected chi connectivity index (χ2v) is 9.94. The van der Waals surface area contributed by atoms with Crippen molar-refractivity contribution in [1.82, 2.24) is 15.2 Å². The van der Waals surface area contributed by atoms with Crippen molar-refractivity contribution in [3.8, 4) is 0 Å². The monoisotopic (exact) mass is 557 g/mol. The maximum atomic E-state index is 13.1. The lowest BCUT2D eigenvalue weighted by atomic mass is 10.0. The molecule has 3 rings (SSSR count). The Morgan fingerprint density at radius 2 is 1.97 bits per heavy atom. The fourth-order valence-corrected chi connectivity index (χ4v) is 5.32. The second-order valence-electron chi connectivity index (χ2n) is 7.95. The highest BCUT2D eigenvalue weighted by Gasteiger charge is 2.55. The second kappa shape index (κ2) is 12.2. The lowest BCUT2D eigenvalue weighted by Gasteiger charge is -2.49. The number of nitrogens with two attached hydrogens (primary N) is 1. The molecule has 1 aromatic heterocycles. The van der Waals surface area contributed by atoms with Gasteiger partial charge in [-0.3, -0.25) is 14.5 Å². The number of nitrogens with one attached hydrogen (secondary N) is 1. The Kier molecular flexibility index (Phi) is 9.34. The van der Waals surface area contributed by atoms with Gasteiger partial charge in [0, 0.05) is 25.2 Å². The lowest BCUT2D eigenvalue weighted by Crippen LogP contribution is -2.71. The van der Waals surface area contributed by atoms with Gasteiger partial charge in [0.1, 0.15) is 29.9 Å². The van der Waals surface area contributed by atoms with E-state index in [-0.39, 0.29) is 28.8 Å². The predicted octanol–water partition coefficient (Wildman–Crippen LogP) is 0.827. The molecule has 1 aromatic rings. The molecule has 3 atom stereocenters. The summed E-state index contributed by atoms with van der Waals surface area (Å²) in [6, 6.07) is -0.961. The van der Waals surface area contributed by atoms with Crippen molar-refractivity contribution in [2.24, 2.45) is 5.16 Å².